The van der Waals surface area contributed by atoms with E-state index in [0.29, 0.717) is 12.8 Å². The molecular weight excluding hydrogens is 290 g/mol. The van der Waals surface area contributed by atoms with E-state index in [1.165, 1.54) is 4.90 Å². The van der Waals surface area contributed by atoms with Gasteiger partial charge < -0.3 is 14.7 Å². The molecule has 0 aromatic carbocycles. The zero-order chi connectivity index (χ0) is 14.9. The average Bonchev–Trinajstić information content (AvgIpc) is 2.86. The number of nitrogens with two attached hydrogens (primary N) is 1. The molecule has 0 saturated carbocycles. The number of carboxylic acid groups (broad SMARTS) is 1. The lowest BCUT2D eigenvalue weighted by molar-refractivity contribution is -0.155. The molecule has 3 N–H and O–H groups in total. The van der Waals surface area contributed by atoms with Crippen molar-refractivity contribution < 1.29 is 27.9 Å². The van der Waals surface area contributed by atoms with Gasteiger partial charge in [-0.2, -0.15) is 12.7 Å². The van der Waals surface area contributed by atoms with E-state index in [-0.39, 0.29) is 32.1 Å². The molecule has 10 heteroatoms. The summed E-state index contributed by atoms with van der Waals surface area (Å²) < 4.78 is 28.6. The maximum absolute atomic E-state index is 12.1. The highest BCUT2D eigenvalue weighted by Gasteiger charge is 2.38. The van der Waals surface area contributed by atoms with Gasteiger partial charge in [0.2, 0.25) is 0 Å². The van der Waals surface area contributed by atoms with Crippen LogP contribution in [0.4, 0.5) is 0 Å². The molecule has 2 heterocycles. The molecule has 2 aliphatic heterocycles. The summed E-state index contributed by atoms with van der Waals surface area (Å²) in [7, 11) is -3.73. The maximum Gasteiger partial charge on any atom is 0.332 e. The number of carbonyl (C=O) groups is 2. The smallest absolute Gasteiger partial charge is 0.332 e. The van der Waals surface area contributed by atoms with Gasteiger partial charge in [-0.3, -0.25) is 4.79 Å². The molecule has 0 radical (unpaired) electrons. The number of amides is 1. The average molecular weight is 307 g/mol. The van der Waals surface area contributed by atoms with Crippen molar-refractivity contribution in [2.75, 3.05) is 26.2 Å². The van der Waals surface area contributed by atoms with E-state index in [2.05, 4.69) is 0 Å². The highest BCUT2D eigenvalue weighted by Crippen LogP contribution is 2.22. The first-order valence-electron chi connectivity index (χ1n) is 6.24. The first kappa shape index (κ1) is 15.2. The first-order chi connectivity index (χ1) is 9.29. The predicted octanol–water partition coefficient (Wildman–Crippen LogP) is -2.03. The molecule has 0 bridgehead atoms. The largest absolute Gasteiger partial charge is 0.479 e. The second kappa shape index (κ2) is 5.64. The first-order valence-corrected chi connectivity index (χ1v) is 7.74. The van der Waals surface area contributed by atoms with Gasteiger partial charge in [-0.1, -0.05) is 0 Å². The third-order valence-electron chi connectivity index (χ3n) is 3.48. The summed E-state index contributed by atoms with van der Waals surface area (Å²) in [6.07, 6.45) is -1.01. The zero-order valence-corrected chi connectivity index (χ0v) is 11.6. The van der Waals surface area contributed by atoms with E-state index >= 15 is 0 Å². The van der Waals surface area contributed by atoms with Gasteiger partial charge in [0.15, 0.2) is 6.10 Å². The number of carboxylic acids is 1. The highest BCUT2D eigenvalue weighted by molar-refractivity contribution is 7.86. The Morgan fingerprint density at radius 3 is 2.10 bits per heavy atom. The molecule has 2 rings (SSSR count). The molecule has 2 saturated heterocycles. The van der Waals surface area contributed by atoms with Crippen LogP contribution in [0.25, 0.3) is 0 Å². The number of nitrogens with zero attached hydrogens (tertiary/aromatic N) is 2. The third-order valence-corrected chi connectivity index (χ3v) is 4.57. The molecule has 1 amide bonds. The van der Waals surface area contributed by atoms with Crippen LogP contribution in [0.5, 0.6) is 0 Å². The Balaban J connectivity index is 1.88. The Kier molecular flexibility index (Phi) is 4.28. The number of aliphatic carboxylic acids is 1. The minimum Gasteiger partial charge on any atom is -0.479 e. The van der Waals surface area contributed by atoms with Crippen LogP contribution in [0.3, 0.4) is 0 Å². The minimum absolute atomic E-state index is 0.139. The van der Waals surface area contributed by atoms with Crippen LogP contribution in [0.15, 0.2) is 0 Å². The van der Waals surface area contributed by atoms with E-state index in [0.717, 1.165) is 4.31 Å². The molecule has 0 spiro atoms. The van der Waals surface area contributed by atoms with Gasteiger partial charge in [-0.05, 0) is 12.8 Å². The van der Waals surface area contributed by atoms with Crippen LogP contribution >= 0.6 is 0 Å². The molecule has 2 fully saturated rings. The van der Waals surface area contributed by atoms with Crippen molar-refractivity contribution in [2.24, 2.45) is 5.14 Å². The molecule has 0 aromatic rings. The van der Waals surface area contributed by atoms with Gasteiger partial charge in [-0.15, -0.1) is 0 Å². The molecule has 114 valence electrons. The van der Waals surface area contributed by atoms with Gasteiger partial charge in [0.25, 0.3) is 16.1 Å². The molecule has 2 unspecified atom stereocenters. The summed E-state index contributed by atoms with van der Waals surface area (Å²) in [5, 5.41) is 13.8. The van der Waals surface area contributed by atoms with Gasteiger partial charge in [0.05, 0.1) is 0 Å². The quantitative estimate of drug-likeness (QED) is 0.618. The fraction of sp³-hybridized carbons (Fsp3) is 0.800. The Labute approximate surface area is 116 Å². The second-order valence-electron chi connectivity index (χ2n) is 4.80. The number of rotatable bonds is 3. The summed E-state index contributed by atoms with van der Waals surface area (Å²) >= 11 is 0. The Morgan fingerprint density at radius 2 is 1.65 bits per heavy atom. The summed E-state index contributed by atoms with van der Waals surface area (Å²) in [4.78, 5) is 24.4. The van der Waals surface area contributed by atoms with Gasteiger partial charge in [0.1, 0.15) is 6.10 Å². The highest BCUT2D eigenvalue weighted by atomic mass is 32.2. The minimum atomic E-state index is -3.73. The lowest BCUT2D eigenvalue weighted by Gasteiger charge is -2.34. The van der Waals surface area contributed by atoms with E-state index in [1.54, 1.807) is 0 Å². The number of carbonyl (C=O) groups excluding carboxylic acids is 1. The van der Waals surface area contributed by atoms with Crippen LogP contribution in [-0.2, 0) is 24.5 Å². The van der Waals surface area contributed by atoms with Crippen LogP contribution in [0, 0.1) is 0 Å². The van der Waals surface area contributed by atoms with E-state index < -0.39 is 28.4 Å². The summed E-state index contributed by atoms with van der Waals surface area (Å²) in [6, 6.07) is 0. The second-order valence-corrected chi connectivity index (χ2v) is 6.34. The molecule has 9 nitrogen and oxygen atoms in total. The normalized spacial score (nSPS) is 28.6. The van der Waals surface area contributed by atoms with Crippen LogP contribution in [0.2, 0.25) is 0 Å². The van der Waals surface area contributed by atoms with Gasteiger partial charge in [-0.25, -0.2) is 9.93 Å². The van der Waals surface area contributed by atoms with Crippen LogP contribution in [0.1, 0.15) is 12.8 Å². The van der Waals surface area contributed by atoms with Crippen molar-refractivity contribution in [1.29, 1.82) is 0 Å². The fourth-order valence-electron chi connectivity index (χ4n) is 2.37. The van der Waals surface area contributed by atoms with Crippen LogP contribution < -0.4 is 5.14 Å². The fourth-order valence-corrected chi connectivity index (χ4v) is 3.04. The van der Waals surface area contributed by atoms with Crippen molar-refractivity contribution in [3.8, 4) is 0 Å². The SMILES string of the molecule is NS(=O)(=O)N1CCN(C(=O)C2CCC(C(=O)O)O2)CC1. The van der Waals surface area contributed by atoms with Crippen molar-refractivity contribution in [2.45, 2.75) is 25.0 Å². The van der Waals surface area contributed by atoms with Crippen molar-refractivity contribution in [1.82, 2.24) is 9.21 Å². The van der Waals surface area contributed by atoms with Crippen molar-refractivity contribution in [3.05, 3.63) is 0 Å². The molecule has 2 aliphatic rings. The number of hydrogen-bond donors (Lipinski definition) is 2. The van der Waals surface area contributed by atoms with Crippen molar-refractivity contribution in [3.63, 3.8) is 0 Å². The molecule has 0 aromatic heterocycles. The number of hydrogen-bond acceptors (Lipinski definition) is 5. The van der Waals surface area contributed by atoms with Gasteiger partial charge >= 0.3 is 5.97 Å². The van der Waals surface area contributed by atoms with Gasteiger partial charge in [0, 0.05) is 26.2 Å². The Morgan fingerprint density at radius 1 is 1.10 bits per heavy atom. The topological polar surface area (TPSA) is 130 Å². The molecule has 0 aliphatic carbocycles. The molecule has 20 heavy (non-hydrogen) atoms. The van der Waals surface area contributed by atoms with E-state index in [9.17, 15) is 18.0 Å². The number of piperazine rings is 1. The molecule has 2 atom stereocenters. The summed E-state index contributed by atoms with van der Waals surface area (Å²) in [5.74, 6) is -1.36. The standard InChI is InChI=1S/C10H17N3O6S/c11-20(17,18)13-5-3-12(4-6-13)9(14)7-1-2-8(19-7)10(15)16/h7-8H,1-6H2,(H,15,16)(H2,11,17,18). The summed E-state index contributed by atoms with van der Waals surface area (Å²) in [6.45, 7) is 0.735. The predicted molar refractivity (Wildman–Crippen MR) is 66.8 cm³/mol. The molecular formula is C10H17N3O6S. The zero-order valence-electron chi connectivity index (χ0n) is 10.8. The van der Waals surface area contributed by atoms with E-state index in [4.69, 9.17) is 15.0 Å². The Bertz CT molecular complexity index is 499. The van der Waals surface area contributed by atoms with Crippen LogP contribution in [-0.4, -0.2) is 73.0 Å². The maximum atomic E-state index is 12.1. The lowest BCUT2D eigenvalue weighted by Crippen LogP contribution is -2.54. The third kappa shape index (κ3) is 3.26. The van der Waals surface area contributed by atoms with E-state index in [1.807, 2.05) is 0 Å². The Hall–Kier alpha value is -1.23. The van der Waals surface area contributed by atoms with Crippen molar-refractivity contribution >= 4 is 22.1 Å². The summed E-state index contributed by atoms with van der Waals surface area (Å²) in [5.41, 5.74) is 0. The lowest BCUT2D eigenvalue weighted by atomic mass is 10.1. The number of ether oxygens (including phenoxy) is 1. The monoisotopic (exact) mass is 307 g/mol.